The fourth-order valence-corrected chi connectivity index (χ4v) is 5.57. The molecule has 3 N–H and O–H groups in total. The quantitative estimate of drug-likeness (QED) is 0.249. The Morgan fingerprint density at radius 3 is 2.47 bits per heavy atom. The predicted molar refractivity (Wildman–Crippen MR) is 156 cm³/mol. The van der Waals surface area contributed by atoms with Gasteiger partial charge >= 0.3 is 0 Å². The number of nitrogens with two attached hydrogens (primary N) is 1. The molecule has 1 aliphatic heterocycles. The minimum atomic E-state index is 0.0662. The van der Waals surface area contributed by atoms with Crippen molar-refractivity contribution in [1.82, 2.24) is 9.97 Å². The highest BCUT2D eigenvalue weighted by Crippen LogP contribution is 2.39. The number of carbonyl (C=O) groups is 1. The predicted octanol–water partition coefficient (Wildman–Crippen LogP) is 7.18. The third-order valence-corrected chi connectivity index (χ3v) is 8.28. The molecule has 4 aromatic rings. The number of hydrogen-bond donors (Lipinski definition) is 2. The summed E-state index contributed by atoms with van der Waals surface area (Å²) in [4.78, 5) is 24.9. The van der Waals surface area contributed by atoms with Crippen molar-refractivity contribution < 1.29 is 4.79 Å². The fourth-order valence-electron chi connectivity index (χ4n) is 5.08. The molecule has 8 heteroatoms. The van der Waals surface area contributed by atoms with E-state index < -0.39 is 0 Å². The number of ketones is 1. The average Bonchev–Trinajstić information content (AvgIpc) is 3.77. The first kappa shape index (κ1) is 25.1. The highest BCUT2D eigenvalue weighted by Gasteiger charge is 2.32. The van der Waals surface area contributed by atoms with Gasteiger partial charge < -0.3 is 16.0 Å². The van der Waals surface area contributed by atoms with Gasteiger partial charge in [0.15, 0.2) is 5.78 Å². The van der Waals surface area contributed by atoms with Gasteiger partial charge in [0.05, 0.1) is 28.7 Å². The van der Waals surface area contributed by atoms with Crippen LogP contribution in [0, 0.1) is 12.8 Å². The summed E-state index contributed by atoms with van der Waals surface area (Å²) in [6.45, 7) is 3.67. The van der Waals surface area contributed by atoms with Gasteiger partial charge in [-0.2, -0.15) is 0 Å². The van der Waals surface area contributed by atoms with Crippen molar-refractivity contribution in [3.63, 3.8) is 0 Å². The summed E-state index contributed by atoms with van der Waals surface area (Å²) in [6.07, 6.45) is 7.47. The van der Waals surface area contributed by atoms with Crippen LogP contribution in [0.15, 0.2) is 54.9 Å². The van der Waals surface area contributed by atoms with Crippen molar-refractivity contribution in [3.05, 3.63) is 76.0 Å². The second-order valence-electron chi connectivity index (χ2n) is 10.4. The van der Waals surface area contributed by atoms with Crippen molar-refractivity contribution in [2.24, 2.45) is 11.7 Å². The summed E-state index contributed by atoms with van der Waals surface area (Å²) in [5.41, 5.74) is 11.8. The van der Waals surface area contributed by atoms with Crippen molar-refractivity contribution in [1.29, 1.82) is 0 Å². The van der Waals surface area contributed by atoms with Crippen molar-refractivity contribution in [2.75, 3.05) is 23.3 Å². The molecule has 2 fully saturated rings. The Hall–Kier alpha value is -3.19. The van der Waals surface area contributed by atoms with E-state index in [9.17, 15) is 4.79 Å². The number of halogens is 2. The Bertz CT molecular complexity index is 1510. The number of hydrogen-bond acceptors (Lipinski definition) is 6. The lowest BCUT2D eigenvalue weighted by molar-refractivity contribution is 0.0968. The maximum atomic E-state index is 13.3. The van der Waals surface area contributed by atoms with Gasteiger partial charge in [-0.1, -0.05) is 29.3 Å². The van der Waals surface area contributed by atoms with Crippen molar-refractivity contribution in [2.45, 2.75) is 38.6 Å². The molecule has 1 aliphatic carbocycles. The normalized spacial score (nSPS) is 17.6. The number of piperidine rings is 1. The first-order valence-electron chi connectivity index (χ1n) is 13.0. The van der Waals surface area contributed by atoms with Gasteiger partial charge in [0.2, 0.25) is 0 Å². The number of aromatic nitrogens is 2. The average molecular weight is 547 g/mol. The number of anilines is 3. The van der Waals surface area contributed by atoms with E-state index in [2.05, 4.69) is 15.2 Å². The first-order chi connectivity index (χ1) is 18.4. The molecule has 0 radical (unpaired) electrons. The molecule has 0 amide bonds. The largest absolute Gasteiger partial charge is 0.355 e. The Labute approximate surface area is 232 Å². The molecular formula is C30H29Cl2N5O. The van der Waals surface area contributed by atoms with Crippen LogP contribution in [0.5, 0.6) is 0 Å². The Morgan fingerprint density at radius 2 is 1.79 bits per heavy atom. The van der Waals surface area contributed by atoms with Crippen LogP contribution in [0.2, 0.25) is 10.0 Å². The van der Waals surface area contributed by atoms with Crippen LogP contribution in [0.25, 0.3) is 22.0 Å². The minimum absolute atomic E-state index is 0.0662. The molecule has 0 bridgehead atoms. The van der Waals surface area contributed by atoms with Gasteiger partial charge in [0.25, 0.3) is 0 Å². The first-order valence-corrected chi connectivity index (χ1v) is 13.8. The van der Waals surface area contributed by atoms with Gasteiger partial charge in [-0.25, -0.2) is 4.98 Å². The summed E-state index contributed by atoms with van der Waals surface area (Å²) in [5, 5.41) is 5.59. The molecule has 1 saturated carbocycles. The Kier molecular flexibility index (Phi) is 6.72. The molecule has 1 saturated heterocycles. The van der Waals surface area contributed by atoms with E-state index in [0.717, 1.165) is 83.6 Å². The van der Waals surface area contributed by atoms with Gasteiger partial charge in [-0.15, -0.1) is 0 Å². The topological polar surface area (TPSA) is 84.1 Å². The van der Waals surface area contributed by atoms with E-state index in [-0.39, 0.29) is 17.7 Å². The second kappa shape index (κ2) is 10.2. The summed E-state index contributed by atoms with van der Waals surface area (Å²) >= 11 is 12.9. The standard InChI is InChI=1S/C30H29Cl2N5O/c1-17-25(31)12-20(13-26(17)32)19-6-8-27-23(11-19)29(24(15-34-27)30(38)18-4-5-18)36-22-7-9-28(35-14-22)37-10-2-3-21(33)16-37/h6-9,11-15,18,21H,2-5,10,16,33H2,1H3,(H,34,36)/t21-/m0/s1. The van der Waals surface area contributed by atoms with Crippen molar-refractivity contribution in [3.8, 4) is 11.1 Å². The zero-order chi connectivity index (χ0) is 26.4. The summed E-state index contributed by atoms with van der Waals surface area (Å²) in [6, 6.07) is 14.0. The minimum Gasteiger partial charge on any atom is -0.355 e. The zero-order valence-corrected chi connectivity index (χ0v) is 22.7. The number of rotatable bonds is 6. The van der Waals surface area contributed by atoms with Crippen LogP contribution in [0.3, 0.4) is 0 Å². The summed E-state index contributed by atoms with van der Waals surface area (Å²) in [7, 11) is 0. The molecule has 2 aromatic carbocycles. The zero-order valence-electron chi connectivity index (χ0n) is 21.2. The molecule has 1 atom stereocenters. The van der Waals surface area contributed by atoms with Crippen LogP contribution in [-0.4, -0.2) is 34.9 Å². The van der Waals surface area contributed by atoms with E-state index in [1.54, 1.807) is 6.20 Å². The molecule has 38 heavy (non-hydrogen) atoms. The van der Waals surface area contributed by atoms with Gasteiger partial charge in [-0.05, 0) is 85.7 Å². The van der Waals surface area contributed by atoms with Gasteiger partial charge in [-0.3, -0.25) is 9.78 Å². The van der Waals surface area contributed by atoms with E-state index in [4.69, 9.17) is 33.9 Å². The summed E-state index contributed by atoms with van der Waals surface area (Å²) < 4.78 is 0. The molecule has 0 spiro atoms. The summed E-state index contributed by atoms with van der Waals surface area (Å²) in [5.74, 6) is 1.10. The highest BCUT2D eigenvalue weighted by molar-refractivity contribution is 6.36. The van der Waals surface area contributed by atoms with Crippen molar-refractivity contribution >= 4 is 57.1 Å². The SMILES string of the molecule is Cc1c(Cl)cc(-c2ccc3ncc(C(=O)C4CC4)c(Nc4ccc(N5CCC[C@H](N)C5)nc4)c3c2)cc1Cl. The molecule has 0 unspecified atom stereocenters. The third kappa shape index (κ3) is 4.96. The highest BCUT2D eigenvalue weighted by atomic mass is 35.5. The Balaban J connectivity index is 1.40. The number of nitrogens with one attached hydrogen (secondary N) is 1. The lowest BCUT2D eigenvalue weighted by Crippen LogP contribution is -2.43. The second-order valence-corrected chi connectivity index (χ2v) is 11.2. The number of fused-ring (bicyclic) bond motifs is 1. The number of pyridine rings is 2. The number of benzene rings is 2. The van der Waals surface area contributed by atoms with E-state index in [0.29, 0.717) is 15.6 Å². The monoisotopic (exact) mass is 545 g/mol. The lowest BCUT2D eigenvalue weighted by Gasteiger charge is -2.31. The molecule has 2 aliphatic rings. The van der Waals surface area contributed by atoms with Crippen LogP contribution >= 0.6 is 23.2 Å². The number of Topliss-reactive ketones (excluding diaryl/α,β-unsaturated/α-hetero) is 1. The molecule has 194 valence electrons. The number of nitrogens with zero attached hydrogens (tertiary/aromatic N) is 3. The lowest BCUT2D eigenvalue weighted by atomic mass is 9.98. The van der Waals surface area contributed by atoms with Gasteiger partial charge in [0, 0.05) is 46.7 Å². The molecule has 3 heterocycles. The smallest absolute Gasteiger partial charge is 0.169 e. The maximum absolute atomic E-state index is 13.3. The van der Waals surface area contributed by atoms with Crippen LogP contribution in [-0.2, 0) is 0 Å². The number of carbonyl (C=O) groups excluding carboxylic acids is 1. The van der Waals surface area contributed by atoms with Crippen LogP contribution in [0.1, 0.15) is 41.6 Å². The van der Waals surface area contributed by atoms with E-state index >= 15 is 0 Å². The van der Waals surface area contributed by atoms with Gasteiger partial charge in [0.1, 0.15) is 5.82 Å². The van der Waals surface area contributed by atoms with Crippen LogP contribution < -0.4 is 16.0 Å². The third-order valence-electron chi connectivity index (χ3n) is 7.49. The van der Waals surface area contributed by atoms with E-state index in [1.165, 1.54) is 0 Å². The fraction of sp³-hybridized carbons (Fsp3) is 0.300. The van der Waals surface area contributed by atoms with Crippen LogP contribution in [0.4, 0.5) is 17.2 Å². The molecular weight excluding hydrogens is 517 g/mol. The molecule has 6 rings (SSSR count). The van der Waals surface area contributed by atoms with E-state index in [1.807, 2.05) is 55.6 Å². The molecule has 2 aromatic heterocycles. The maximum Gasteiger partial charge on any atom is 0.169 e. The Morgan fingerprint density at radius 1 is 1.00 bits per heavy atom. The molecule has 6 nitrogen and oxygen atoms in total.